The Labute approximate surface area is 134 Å². The van der Waals surface area contributed by atoms with Gasteiger partial charge in [0, 0.05) is 23.8 Å². The monoisotopic (exact) mass is 325 g/mol. The molecular weight excluding hydrogens is 303 g/mol. The molecule has 3 nitrogen and oxygen atoms in total. The number of hydrogen-bond acceptors (Lipinski definition) is 3. The number of unbranched alkanes of at least 4 members (excludes halogenated alkanes) is 1. The summed E-state index contributed by atoms with van der Waals surface area (Å²) in [5.74, 6) is 0. The van der Waals surface area contributed by atoms with Crippen LogP contribution in [0.3, 0.4) is 0 Å². The van der Waals surface area contributed by atoms with Crippen molar-refractivity contribution in [2.75, 3.05) is 25.0 Å². The predicted octanol–water partition coefficient (Wildman–Crippen LogP) is 4.45. The van der Waals surface area contributed by atoms with Gasteiger partial charge in [-0.05, 0) is 44.1 Å². The first kappa shape index (κ1) is 17.5. The Kier molecular flexibility index (Phi) is 6.21. The molecule has 0 aliphatic rings. The molecule has 1 heterocycles. The molecule has 0 atom stereocenters. The third kappa shape index (κ3) is 5.10. The van der Waals surface area contributed by atoms with E-state index in [0.717, 1.165) is 43.9 Å². The number of hydrogen-bond donors (Lipinski definition) is 2. The molecule has 1 aromatic carbocycles. The first-order chi connectivity index (χ1) is 11.0. The first-order valence-corrected chi connectivity index (χ1v) is 7.93. The SMILES string of the molecule is CCCCNCCCNc1ccnc2cc(C(F)(F)F)ccc12. The van der Waals surface area contributed by atoms with Crippen LogP contribution in [0, 0.1) is 0 Å². The largest absolute Gasteiger partial charge is 0.416 e. The summed E-state index contributed by atoms with van der Waals surface area (Å²) in [6.07, 6.45) is 0.486. The quantitative estimate of drug-likeness (QED) is 0.704. The highest BCUT2D eigenvalue weighted by molar-refractivity contribution is 5.91. The minimum atomic E-state index is -4.34. The zero-order valence-corrected chi connectivity index (χ0v) is 13.2. The summed E-state index contributed by atoms with van der Waals surface area (Å²) in [5.41, 5.74) is 0.498. The van der Waals surface area contributed by atoms with Crippen molar-refractivity contribution in [1.29, 1.82) is 0 Å². The summed E-state index contributed by atoms with van der Waals surface area (Å²) < 4.78 is 38.2. The Morgan fingerprint density at radius 2 is 1.83 bits per heavy atom. The molecule has 0 bridgehead atoms. The van der Waals surface area contributed by atoms with E-state index in [0.29, 0.717) is 10.9 Å². The summed E-state index contributed by atoms with van der Waals surface area (Å²) in [6.45, 7) is 4.87. The smallest absolute Gasteiger partial charge is 0.384 e. The first-order valence-electron chi connectivity index (χ1n) is 7.93. The third-order valence-electron chi connectivity index (χ3n) is 3.62. The van der Waals surface area contributed by atoms with E-state index in [1.165, 1.54) is 25.1 Å². The van der Waals surface area contributed by atoms with Crippen LogP contribution in [-0.2, 0) is 6.18 Å². The maximum Gasteiger partial charge on any atom is 0.416 e. The van der Waals surface area contributed by atoms with Gasteiger partial charge in [0.05, 0.1) is 11.1 Å². The second-order valence-corrected chi connectivity index (χ2v) is 5.47. The molecule has 0 fully saturated rings. The van der Waals surface area contributed by atoms with Gasteiger partial charge in [0.2, 0.25) is 0 Å². The van der Waals surface area contributed by atoms with Crippen molar-refractivity contribution in [3.63, 3.8) is 0 Å². The lowest BCUT2D eigenvalue weighted by atomic mass is 10.1. The minimum absolute atomic E-state index is 0.353. The van der Waals surface area contributed by atoms with Crippen molar-refractivity contribution in [1.82, 2.24) is 10.3 Å². The zero-order valence-electron chi connectivity index (χ0n) is 13.2. The summed E-state index contributed by atoms with van der Waals surface area (Å²) in [7, 11) is 0. The molecule has 1 aromatic heterocycles. The van der Waals surface area contributed by atoms with Gasteiger partial charge >= 0.3 is 6.18 Å². The van der Waals surface area contributed by atoms with Crippen LogP contribution >= 0.6 is 0 Å². The molecule has 0 unspecified atom stereocenters. The molecule has 0 spiro atoms. The Balaban J connectivity index is 1.96. The number of rotatable bonds is 8. The molecule has 0 aliphatic heterocycles. The van der Waals surface area contributed by atoms with Gasteiger partial charge in [-0.15, -0.1) is 0 Å². The van der Waals surface area contributed by atoms with Gasteiger partial charge in [-0.25, -0.2) is 0 Å². The summed E-state index contributed by atoms with van der Waals surface area (Å²) in [4.78, 5) is 4.04. The van der Waals surface area contributed by atoms with E-state index >= 15 is 0 Å². The molecular formula is C17H22F3N3. The minimum Gasteiger partial charge on any atom is -0.384 e. The Morgan fingerprint density at radius 3 is 2.57 bits per heavy atom. The van der Waals surface area contributed by atoms with E-state index < -0.39 is 11.7 Å². The fraction of sp³-hybridized carbons (Fsp3) is 0.471. The molecule has 2 N–H and O–H groups in total. The summed E-state index contributed by atoms with van der Waals surface area (Å²) in [5, 5.41) is 7.34. The molecule has 6 heteroatoms. The standard InChI is InChI=1S/C17H22F3N3/c1-2-3-8-21-9-4-10-22-15-7-11-23-16-12-13(17(18,19)20)5-6-14(15)16/h5-7,11-12,21H,2-4,8-10H2,1H3,(H,22,23). The number of aromatic nitrogens is 1. The van der Waals surface area contributed by atoms with Crippen molar-refractivity contribution in [3.8, 4) is 0 Å². The highest BCUT2D eigenvalue weighted by Gasteiger charge is 2.30. The average Bonchev–Trinajstić information content (AvgIpc) is 2.52. The van der Waals surface area contributed by atoms with Gasteiger partial charge in [-0.1, -0.05) is 19.4 Å². The normalized spacial score (nSPS) is 11.8. The van der Waals surface area contributed by atoms with Crippen molar-refractivity contribution in [3.05, 3.63) is 36.0 Å². The highest BCUT2D eigenvalue weighted by Crippen LogP contribution is 2.32. The maximum absolute atomic E-state index is 12.7. The van der Waals surface area contributed by atoms with Crippen LogP contribution < -0.4 is 10.6 Å². The second-order valence-electron chi connectivity index (χ2n) is 5.47. The molecule has 0 amide bonds. The van der Waals surface area contributed by atoms with Gasteiger partial charge in [-0.2, -0.15) is 13.2 Å². The van der Waals surface area contributed by atoms with Crippen LogP contribution in [-0.4, -0.2) is 24.6 Å². The van der Waals surface area contributed by atoms with Gasteiger partial charge < -0.3 is 10.6 Å². The van der Waals surface area contributed by atoms with Gasteiger partial charge in [0.1, 0.15) is 0 Å². The number of benzene rings is 1. The number of fused-ring (bicyclic) bond motifs is 1. The molecule has 0 aliphatic carbocycles. The molecule has 2 aromatic rings. The van der Waals surface area contributed by atoms with Crippen LogP contribution in [0.5, 0.6) is 0 Å². The Bertz CT molecular complexity index is 626. The fourth-order valence-electron chi connectivity index (χ4n) is 2.34. The lowest BCUT2D eigenvalue weighted by Gasteiger charge is -2.12. The number of pyridine rings is 1. The van der Waals surface area contributed by atoms with Gasteiger partial charge in [0.25, 0.3) is 0 Å². The van der Waals surface area contributed by atoms with Crippen LogP contribution in [0.1, 0.15) is 31.7 Å². The Morgan fingerprint density at radius 1 is 1.04 bits per heavy atom. The molecule has 23 heavy (non-hydrogen) atoms. The number of anilines is 1. The van der Waals surface area contributed by atoms with Crippen LogP contribution in [0.4, 0.5) is 18.9 Å². The number of halogens is 3. The second kappa shape index (κ2) is 8.15. The van der Waals surface area contributed by atoms with Gasteiger partial charge in [-0.3, -0.25) is 4.98 Å². The van der Waals surface area contributed by atoms with E-state index in [1.54, 1.807) is 6.07 Å². The highest BCUT2D eigenvalue weighted by atomic mass is 19.4. The molecule has 0 saturated heterocycles. The molecule has 2 rings (SSSR count). The number of alkyl halides is 3. The predicted molar refractivity (Wildman–Crippen MR) is 87.6 cm³/mol. The van der Waals surface area contributed by atoms with E-state index in [-0.39, 0.29) is 0 Å². The van der Waals surface area contributed by atoms with Crippen molar-refractivity contribution in [2.24, 2.45) is 0 Å². The van der Waals surface area contributed by atoms with Crippen molar-refractivity contribution < 1.29 is 13.2 Å². The van der Waals surface area contributed by atoms with Crippen LogP contribution in [0.2, 0.25) is 0 Å². The molecule has 0 radical (unpaired) electrons. The van der Waals surface area contributed by atoms with E-state index in [9.17, 15) is 13.2 Å². The van der Waals surface area contributed by atoms with Gasteiger partial charge in [0.15, 0.2) is 0 Å². The summed E-state index contributed by atoms with van der Waals surface area (Å²) >= 11 is 0. The van der Waals surface area contributed by atoms with E-state index in [2.05, 4.69) is 22.5 Å². The van der Waals surface area contributed by atoms with Crippen LogP contribution in [0.15, 0.2) is 30.5 Å². The summed E-state index contributed by atoms with van der Waals surface area (Å²) in [6, 6.07) is 5.46. The van der Waals surface area contributed by atoms with Crippen molar-refractivity contribution in [2.45, 2.75) is 32.4 Å². The lowest BCUT2D eigenvalue weighted by molar-refractivity contribution is -0.137. The Hall–Kier alpha value is -1.82. The molecule has 0 saturated carbocycles. The fourth-order valence-corrected chi connectivity index (χ4v) is 2.34. The maximum atomic E-state index is 12.7. The van der Waals surface area contributed by atoms with E-state index in [1.807, 2.05) is 0 Å². The number of nitrogens with zero attached hydrogens (tertiary/aromatic N) is 1. The van der Waals surface area contributed by atoms with E-state index in [4.69, 9.17) is 0 Å². The topological polar surface area (TPSA) is 37.0 Å². The zero-order chi connectivity index (χ0) is 16.7. The van der Waals surface area contributed by atoms with Crippen LogP contribution in [0.25, 0.3) is 10.9 Å². The lowest BCUT2D eigenvalue weighted by Crippen LogP contribution is -2.19. The van der Waals surface area contributed by atoms with Crippen molar-refractivity contribution >= 4 is 16.6 Å². The number of nitrogens with one attached hydrogen (secondary N) is 2. The third-order valence-corrected chi connectivity index (χ3v) is 3.62. The molecule has 126 valence electrons. The average molecular weight is 325 g/mol.